The monoisotopic (exact) mass is 502 g/mol. The summed E-state index contributed by atoms with van der Waals surface area (Å²) in [4.78, 5) is 40.2. The Labute approximate surface area is 219 Å². The minimum atomic E-state index is 0.00326. The number of nitrogens with zero attached hydrogens (tertiary/aromatic N) is 6. The highest BCUT2D eigenvalue weighted by Gasteiger charge is 2.27. The molecule has 1 aromatic rings. The highest BCUT2D eigenvalue weighted by molar-refractivity contribution is 5.94. The van der Waals surface area contributed by atoms with Crippen LogP contribution in [0.1, 0.15) is 65.2 Å². The molecule has 0 spiro atoms. The van der Waals surface area contributed by atoms with E-state index in [2.05, 4.69) is 42.5 Å². The number of hydrogen-bond donors (Lipinski definition) is 0. The molecule has 3 heterocycles. The minimum Gasteiger partial charge on any atom is -0.339 e. The van der Waals surface area contributed by atoms with Gasteiger partial charge < -0.3 is 14.7 Å². The van der Waals surface area contributed by atoms with Gasteiger partial charge in [0, 0.05) is 77.8 Å². The molecule has 0 saturated carbocycles. The van der Waals surface area contributed by atoms with E-state index in [4.69, 9.17) is 0 Å². The number of allylic oxidation sites excluding steroid dienone is 1. The quantitative estimate of drug-likeness (QED) is 0.590. The summed E-state index contributed by atoms with van der Waals surface area (Å²) in [6.45, 7) is 21.3. The molecule has 2 saturated heterocycles. The average Bonchev–Trinajstić information content (AvgIpc) is 2.90. The number of carbonyl (C=O) groups is 2. The zero-order valence-corrected chi connectivity index (χ0v) is 24.0. The van der Waals surface area contributed by atoms with E-state index in [1.54, 1.807) is 6.20 Å². The molecule has 1 aromatic heterocycles. The van der Waals surface area contributed by atoms with Gasteiger partial charge in [-0.2, -0.15) is 0 Å². The first-order chi connectivity index (χ1) is 17.3. The van der Waals surface area contributed by atoms with Crippen LogP contribution in [0.4, 0.5) is 5.82 Å². The molecule has 204 valence electrons. The molecule has 0 N–H and O–H groups in total. The summed E-state index contributed by atoms with van der Waals surface area (Å²) in [6.07, 6.45) is 6.76. The van der Waals surface area contributed by atoms with Gasteiger partial charge in [-0.25, -0.2) is 4.98 Å². The van der Waals surface area contributed by atoms with Crippen LogP contribution in [0.15, 0.2) is 30.6 Å². The first-order valence-electron chi connectivity index (χ1n) is 13.7. The lowest BCUT2D eigenvalue weighted by atomic mass is 10.2. The van der Waals surface area contributed by atoms with Crippen LogP contribution in [0.3, 0.4) is 0 Å². The van der Waals surface area contributed by atoms with E-state index in [1.165, 1.54) is 6.42 Å². The molecule has 2 amide bonds. The van der Waals surface area contributed by atoms with Crippen molar-refractivity contribution in [3.8, 4) is 0 Å². The average molecular weight is 503 g/mol. The lowest BCUT2D eigenvalue weighted by molar-refractivity contribution is -0.134. The second-order valence-corrected chi connectivity index (χ2v) is 9.28. The molecule has 36 heavy (non-hydrogen) atoms. The van der Waals surface area contributed by atoms with Crippen molar-refractivity contribution in [2.24, 2.45) is 0 Å². The lowest BCUT2D eigenvalue weighted by Gasteiger charge is -2.39. The molecule has 0 aliphatic carbocycles. The number of rotatable bonds is 6. The van der Waals surface area contributed by atoms with Gasteiger partial charge >= 0.3 is 0 Å². The van der Waals surface area contributed by atoms with Crippen molar-refractivity contribution in [1.82, 2.24) is 24.6 Å². The number of aromatic nitrogens is 1. The zero-order valence-electron chi connectivity index (χ0n) is 24.0. The van der Waals surface area contributed by atoms with Crippen molar-refractivity contribution in [2.75, 3.05) is 70.9 Å². The van der Waals surface area contributed by atoms with Crippen LogP contribution >= 0.6 is 0 Å². The van der Waals surface area contributed by atoms with E-state index in [1.807, 2.05) is 66.9 Å². The van der Waals surface area contributed by atoms with Crippen molar-refractivity contribution in [1.29, 1.82) is 0 Å². The molecule has 0 radical (unpaired) electrons. The fraction of sp³-hybridized carbons (Fsp3) is 0.679. The van der Waals surface area contributed by atoms with E-state index in [-0.39, 0.29) is 11.8 Å². The van der Waals surface area contributed by atoms with Crippen LogP contribution < -0.4 is 4.90 Å². The Balaban J connectivity index is 0.00000120. The maximum Gasteiger partial charge on any atom is 0.255 e. The Kier molecular flexibility index (Phi) is 15.0. The molecule has 0 atom stereocenters. The highest BCUT2D eigenvalue weighted by atomic mass is 16.2. The Morgan fingerprint density at radius 1 is 0.972 bits per heavy atom. The van der Waals surface area contributed by atoms with Crippen molar-refractivity contribution < 1.29 is 9.59 Å². The molecule has 8 heteroatoms. The van der Waals surface area contributed by atoms with Gasteiger partial charge in [0.2, 0.25) is 5.91 Å². The van der Waals surface area contributed by atoms with E-state index in [9.17, 15) is 9.59 Å². The van der Waals surface area contributed by atoms with Gasteiger partial charge in [-0.05, 0) is 32.9 Å². The highest BCUT2D eigenvalue weighted by Crippen LogP contribution is 2.14. The summed E-state index contributed by atoms with van der Waals surface area (Å²) >= 11 is 0. The Hall–Kier alpha value is -2.45. The molecule has 2 fully saturated rings. The molecule has 3 rings (SSSR count). The number of pyridine rings is 1. The number of carbonyl (C=O) groups excluding carboxylic acids is 2. The van der Waals surface area contributed by atoms with Crippen LogP contribution in [0.2, 0.25) is 0 Å². The first kappa shape index (κ1) is 31.6. The van der Waals surface area contributed by atoms with Gasteiger partial charge in [0.1, 0.15) is 5.82 Å². The molecule has 2 aliphatic heterocycles. The molecule has 0 bridgehead atoms. The van der Waals surface area contributed by atoms with Crippen LogP contribution in [0, 0.1) is 0 Å². The summed E-state index contributed by atoms with van der Waals surface area (Å²) < 4.78 is 0. The second-order valence-electron chi connectivity index (χ2n) is 9.28. The van der Waals surface area contributed by atoms with E-state index < -0.39 is 0 Å². The Morgan fingerprint density at radius 2 is 1.53 bits per heavy atom. The van der Waals surface area contributed by atoms with Crippen molar-refractivity contribution in [3.05, 3.63) is 36.2 Å². The standard InChI is InChI=1S/C23H36N6O2.C3H8.C2H6/c1-5-8-25(4)21-7-6-20(17-24-21)23(31)29-11-9-26(10-12-29)18-22(30)28-15-13-27(14-16-28)19(2)3;1-3-2;1-2/h5-8,17,19H,9-16,18H2,1-4H3;3H2,1-2H3;1-2H3/b8-5-;;. The van der Waals surface area contributed by atoms with Crippen LogP contribution in [0.25, 0.3) is 0 Å². The third kappa shape index (κ3) is 9.90. The predicted octanol–water partition coefficient (Wildman–Crippen LogP) is 3.80. The Bertz CT molecular complexity index is 780. The topological polar surface area (TPSA) is 63.2 Å². The SMILES string of the molecule is C/C=C\N(C)c1ccc(C(=O)N2CCN(CC(=O)N3CCN(C(C)C)CC3)CC2)cn1.CC.CCC. The third-order valence-electron chi connectivity index (χ3n) is 6.14. The van der Waals surface area contributed by atoms with Gasteiger partial charge in [-0.1, -0.05) is 40.2 Å². The zero-order chi connectivity index (χ0) is 27.1. The smallest absolute Gasteiger partial charge is 0.255 e. The maximum atomic E-state index is 12.8. The van der Waals surface area contributed by atoms with Crippen molar-refractivity contribution in [2.45, 2.75) is 60.9 Å². The molecule has 2 aliphatic rings. The predicted molar refractivity (Wildman–Crippen MR) is 150 cm³/mol. The first-order valence-corrected chi connectivity index (χ1v) is 13.7. The number of anilines is 1. The molecular formula is C28H50N6O2. The third-order valence-corrected chi connectivity index (χ3v) is 6.14. The molecule has 0 aromatic carbocycles. The number of piperazine rings is 2. The van der Waals surface area contributed by atoms with E-state index in [0.29, 0.717) is 31.2 Å². The molecule has 8 nitrogen and oxygen atoms in total. The van der Waals surface area contributed by atoms with Crippen LogP contribution in [-0.2, 0) is 4.79 Å². The molecule has 0 unspecified atom stereocenters. The number of amides is 2. The van der Waals surface area contributed by atoms with Gasteiger partial charge in [-0.3, -0.25) is 19.4 Å². The summed E-state index contributed by atoms with van der Waals surface area (Å²) in [7, 11) is 1.93. The largest absolute Gasteiger partial charge is 0.339 e. The van der Waals surface area contributed by atoms with Crippen molar-refractivity contribution in [3.63, 3.8) is 0 Å². The van der Waals surface area contributed by atoms with Gasteiger partial charge in [0.05, 0.1) is 12.1 Å². The second kappa shape index (κ2) is 17.1. The van der Waals surface area contributed by atoms with E-state index >= 15 is 0 Å². The summed E-state index contributed by atoms with van der Waals surface area (Å²) in [5.74, 6) is 1.00. The lowest BCUT2D eigenvalue weighted by Crippen LogP contribution is -2.55. The summed E-state index contributed by atoms with van der Waals surface area (Å²) in [6, 6.07) is 4.22. The Morgan fingerprint density at radius 3 is 2.00 bits per heavy atom. The summed E-state index contributed by atoms with van der Waals surface area (Å²) in [5, 5.41) is 0. The minimum absolute atomic E-state index is 0.00326. The van der Waals surface area contributed by atoms with E-state index in [0.717, 1.165) is 45.1 Å². The normalized spacial score (nSPS) is 16.8. The van der Waals surface area contributed by atoms with Gasteiger partial charge in [0.25, 0.3) is 5.91 Å². The maximum absolute atomic E-state index is 12.8. The molecular weight excluding hydrogens is 452 g/mol. The van der Waals surface area contributed by atoms with Gasteiger partial charge in [0.15, 0.2) is 0 Å². The van der Waals surface area contributed by atoms with Crippen LogP contribution in [-0.4, -0.2) is 108 Å². The van der Waals surface area contributed by atoms with Gasteiger partial charge in [-0.15, -0.1) is 0 Å². The van der Waals surface area contributed by atoms with Crippen LogP contribution in [0.5, 0.6) is 0 Å². The fourth-order valence-corrected chi connectivity index (χ4v) is 4.09. The fourth-order valence-electron chi connectivity index (χ4n) is 4.09. The summed E-state index contributed by atoms with van der Waals surface area (Å²) in [5.41, 5.74) is 0.602. The van der Waals surface area contributed by atoms with Crippen molar-refractivity contribution >= 4 is 17.6 Å². The number of hydrogen-bond acceptors (Lipinski definition) is 6.